The maximum atomic E-state index is 3.19. The van der Waals surface area contributed by atoms with Crippen LogP contribution >= 0.6 is 0 Å². The summed E-state index contributed by atoms with van der Waals surface area (Å²) in [5.74, 6) is 6.36. The predicted octanol–water partition coefficient (Wildman–Crippen LogP) is 4.04. The van der Waals surface area contributed by atoms with Crippen LogP contribution in [0, 0.1) is 17.9 Å². The maximum Gasteiger partial charge on any atom is 0.0255 e. The highest BCUT2D eigenvalue weighted by Gasteiger charge is 1.92. The smallest absolute Gasteiger partial charge is 0.0255 e. The molecule has 3 aromatic rings. The standard InChI is InChI=1S/C18H11/c1-2-6-15(7-3-1)10-11-16-12-13-17-8-4-5-9-18(17)14-16/h1-3,5-9,12-14H. The molecule has 0 bridgehead atoms. The van der Waals surface area contributed by atoms with Gasteiger partial charge in [0.1, 0.15) is 0 Å². The Morgan fingerprint density at radius 2 is 1.56 bits per heavy atom. The summed E-state index contributed by atoms with van der Waals surface area (Å²) in [5.41, 5.74) is 2.08. The van der Waals surface area contributed by atoms with Gasteiger partial charge in [-0.3, -0.25) is 0 Å². The molecule has 3 rings (SSSR count). The first-order valence-electron chi connectivity index (χ1n) is 5.89. The fourth-order valence-electron chi connectivity index (χ4n) is 1.87. The van der Waals surface area contributed by atoms with Gasteiger partial charge in [-0.2, -0.15) is 0 Å². The maximum absolute atomic E-state index is 3.19. The quantitative estimate of drug-likeness (QED) is 0.508. The third-order valence-corrected chi connectivity index (χ3v) is 2.81. The van der Waals surface area contributed by atoms with Gasteiger partial charge in [-0.25, -0.2) is 0 Å². The minimum Gasteiger partial charge on any atom is -0.0622 e. The van der Waals surface area contributed by atoms with Crippen LogP contribution in [0.4, 0.5) is 0 Å². The summed E-state index contributed by atoms with van der Waals surface area (Å²) in [4.78, 5) is 0. The van der Waals surface area contributed by atoms with Crippen LogP contribution in [-0.4, -0.2) is 0 Å². The second-order valence-electron chi connectivity index (χ2n) is 4.10. The second-order valence-corrected chi connectivity index (χ2v) is 4.10. The van der Waals surface area contributed by atoms with E-state index in [2.05, 4.69) is 36.1 Å². The van der Waals surface area contributed by atoms with E-state index in [4.69, 9.17) is 0 Å². The van der Waals surface area contributed by atoms with Crippen LogP contribution in [-0.2, 0) is 0 Å². The fraction of sp³-hybridized carbons (Fsp3) is 0. The fourth-order valence-corrected chi connectivity index (χ4v) is 1.87. The highest BCUT2D eigenvalue weighted by atomic mass is 14.0. The van der Waals surface area contributed by atoms with Crippen molar-refractivity contribution in [3.8, 4) is 11.8 Å². The van der Waals surface area contributed by atoms with Gasteiger partial charge >= 0.3 is 0 Å². The molecule has 0 fully saturated rings. The third-order valence-electron chi connectivity index (χ3n) is 2.81. The summed E-state index contributed by atoms with van der Waals surface area (Å²) in [6.45, 7) is 0. The van der Waals surface area contributed by atoms with E-state index in [-0.39, 0.29) is 0 Å². The number of hydrogen-bond acceptors (Lipinski definition) is 0. The number of hydrogen-bond donors (Lipinski definition) is 0. The molecule has 0 atom stereocenters. The van der Waals surface area contributed by atoms with Gasteiger partial charge in [-0.05, 0) is 47.2 Å². The Morgan fingerprint density at radius 3 is 2.44 bits per heavy atom. The van der Waals surface area contributed by atoms with Crippen molar-refractivity contribution in [2.75, 3.05) is 0 Å². The molecular weight excluding hydrogens is 216 g/mol. The molecule has 0 aliphatic carbocycles. The Labute approximate surface area is 107 Å². The van der Waals surface area contributed by atoms with E-state index in [1.807, 2.05) is 48.5 Å². The van der Waals surface area contributed by atoms with Gasteiger partial charge in [0.15, 0.2) is 0 Å². The normalized spacial score (nSPS) is 9.78. The monoisotopic (exact) mass is 227 g/mol. The highest BCUT2D eigenvalue weighted by molar-refractivity contribution is 5.83. The minimum atomic E-state index is 1.04. The molecule has 0 nitrogen and oxygen atoms in total. The molecule has 0 amide bonds. The van der Waals surface area contributed by atoms with Crippen molar-refractivity contribution in [3.63, 3.8) is 0 Å². The van der Waals surface area contributed by atoms with Crippen molar-refractivity contribution in [2.24, 2.45) is 0 Å². The molecule has 0 saturated carbocycles. The zero-order valence-electron chi connectivity index (χ0n) is 9.85. The van der Waals surface area contributed by atoms with Crippen molar-refractivity contribution in [1.82, 2.24) is 0 Å². The Kier molecular flexibility index (Phi) is 2.82. The molecule has 0 saturated heterocycles. The van der Waals surface area contributed by atoms with Crippen LogP contribution in [0.5, 0.6) is 0 Å². The lowest BCUT2D eigenvalue weighted by atomic mass is 10.1. The van der Waals surface area contributed by atoms with Crippen molar-refractivity contribution in [1.29, 1.82) is 0 Å². The molecule has 83 valence electrons. The molecular formula is C18H11. The van der Waals surface area contributed by atoms with Gasteiger partial charge in [0, 0.05) is 11.1 Å². The van der Waals surface area contributed by atoms with E-state index >= 15 is 0 Å². The molecule has 0 spiro atoms. The molecule has 0 unspecified atom stereocenters. The Balaban J connectivity index is 1.99. The largest absolute Gasteiger partial charge is 0.0622 e. The van der Waals surface area contributed by atoms with Crippen LogP contribution in [0.3, 0.4) is 0 Å². The Hall–Kier alpha value is -2.52. The van der Waals surface area contributed by atoms with Gasteiger partial charge in [0.25, 0.3) is 0 Å². The predicted molar refractivity (Wildman–Crippen MR) is 75.2 cm³/mol. The van der Waals surface area contributed by atoms with E-state index in [0.717, 1.165) is 11.1 Å². The first kappa shape index (κ1) is 10.6. The minimum absolute atomic E-state index is 1.04. The summed E-state index contributed by atoms with van der Waals surface area (Å²) < 4.78 is 0. The van der Waals surface area contributed by atoms with E-state index in [1.165, 1.54) is 10.8 Å². The zero-order valence-corrected chi connectivity index (χ0v) is 9.85. The van der Waals surface area contributed by atoms with Crippen LogP contribution in [0.15, 0.2) is 66.7 Å². The van der Waals surface area contributed by atoms with Crippen molar-refractivity contribution >= 4 is 10.8 Å². The average molecular weight is 227 g/mol. The molecule has 0 aromatic heterocycles. The molecule has 0 aliphatic heterocycles. The van der Waals surface area contributed by atoms with Crippen LogP contribution in [0.1, 0.15) is 11.1 Å². The first-order chi connectivity index (χ1) is 8.92. The Bertz CT molecular complexity index is 728. The average Bonchev–Trinajstić information content (AvgIpc) is 2.46. The van der Waals surface area contributed by atoms with Gasteiger partial charge in [-0.15, -0.1) is 0 Å². The van der Waals surface area contributed by atoms with Gasteiger partial charge in [-0.1, -0.05) is 48.2 Å². The van der Waals surface area contributed by atoms with Crippen LogP contribution in [0.2, 0.25) is 0 Å². The van der Waals surface area contributed by atoms with Crippen molar-refractivity contribution < 1.29 is 0 Å². The van der Waals surface area contributed by atoms with Gasteiger partial charge in [0.2, 0.25) is 0 Å². The van der Waals surface area contributed by atoms with Crippen LogP contribution in [0.25, 0.3) is 10.8 Å². The third kappa shape index (κ3) is 2.26. The van der Waals surface area contributed by atoms with E-state index in [0.29, 0.717) is 0 Å². The lowest BCUT2D eigenvalue weighted by Crippen LogP contribution is -1.77. The molecule has 1 radical (unpaired) electrons. The van der Waals surface area contributed by atoms with E-state index < -0.39 is 0 Å². The lowest BCUT2D eigenvalue weighted by Gasteiger charge is -1.97. The topological polar surface area (TPSA) is 0 Å². The Morgan fingerprint density at radius 1 is 0.722 bits per heavy atom. The first-order valence-corrected chi connectivity index (χ1v) is 5.89. The summed E-state index contributed by atoms with van der Waals surface area (Å²) in [6, 6.07) is 25.3. The molecule has 0 heteroatoms. The zero-order chi connectivity index (χ0) is 12.2. The molecule has 0 heterocycles. The molecule has 0 N–H and O–H groups in total. The molecule has 0 aliphatic rings. The van der Waals surface area contributed by atoms with Crippen molar-refractivity contribution in [2.45, 2.75) is 0 Å². The highest BCUT2D eigenvalue weighted by Crippen LogP contribution is 2.14. The molecule has 18 heavy (non-hydrogen) atoms. The lowest BCUT2D eigenvalue weighted by molar-refractivity contribution is 1.64. The van der Waals surface area contributed by atoms with E-state index in [9.17, 15) is 0 Å². The van der Waals surface area contributed by atoms with Crippen molar-refractivity contribution in [3.05, 3.63) is 83.9 Å². The number of fused-ring (bicyclic) bond motifs is 1. The van der Waals surface area contributed by atoms with E-state index in [1.54, 1.807) is 0 Å². The summed E-state index contributed by atoms with van der Waals surface area (Å²) in [7, 11) is 0. The summed E-state index contributed by atoms with van der Waals surface area (Å²) in [6.07, 6.45) is 0. The SMILES string of the molecule is C(#Cc1ccc2c[c]ccc2c1)c1ccccc1. The van der Waals surface area contributed by atoms with Gasteiger partial charge < -0.3 is 0 Å². The van der Waals surface area contributed by atoms with Gasteiger partial charge in [0.05, 0.1) is 0 Å². The molecule has 3 aromatic carbocycles. The summed E-state index contributed by atoms with van der Waals surface area (Å²) >= 11 is 0. The summed E-state index contributed by atoms with van der Waals surface area (Å²) in [5, 5.41) is 2.40. The number of benzene rings is 3. The second kappa shape index (κ2) is 4.77. The number of rotatable bonds is 0. The van der Waals surface area contributed by atoms with Crippen LogP contribution < -0.4 is 0 Å².